The molecule has 2 amide bonds. The molecule has 0 saturated heterocycles. The molecule has 0 aliphatic rings. The first kappa shape index (κ1) is 17.2. The monoisotopic (exact) mass is 302 g/mol. The molecule has 5 nitrogen and oxygen atoms in total. The molecule has 0 aromatic heterocycles. The number of ether oxygens (including phenoxy) is 1. The number of benzene rings is 1. The van der Waals surface area contributed by atoms with Crippen LogP contribution >= 0.6 is 0 Å². The Kier molecular flexibility index (Phi) is 6.87. The molecule has 0 aliphatic carbocycles. The van der Waals surface area contributed by atoms with Crippen LogP contribution in [-0.2, 0) is 0 Å². The van der Waals surface area contributed by atoms with Crippen LogP contribution in [0.25, 0.3) is 0 Å². The first-order chi connectivity index (χ1) is 9.86. The number of amides is 2. The van der Waals surface area contributed by atoms with E-state index in [1.54, 1.807) is 13.0 Å². The normalized spacial score (nSPS) is 13.6. The van der Waals surface area contributed by atoms with Gasteiger partial charge in [-0.05, 0) is 31.4 Å². The van der Waals surface area contributed by atoms with Crippen molar-refractivity contribution in [1.29, 1.82) is 0 Å². The molecule has 1 aromatic rings. The third kappa shape index (κ3) is 7.45. The number of anilines is 1. The number of hydrogen-bond acceptors (Lipinski definition) is 3. The molecule has 7 heteroatoms. The van der Waals surface area contributed by atoms with Gasteiger partial charge in [0.2, 0.25) is 0 Å². The van der Waals surface area contributed by atoms with Crippen molar-refractivity contribution in [3.63, 3.8) is 0 Å². The SMILES string of the molecule is C[C@@H](CNC(=O)Nc1cccc(OC(F)F)c1)C[C@H](C)O. The number of hydrogen-bond donors (Lipinski definition) is 3. The van der Waals surface area contributed by atoms with Crippen molar-refractivity contribution < 1.29 is 23.4 Å². The number of nitrogens with one attached hydrogen (secondary N) is 2. The maximum absolute atomic E-state index is 12.1. The number of carbonyl (C=O) groups is 1. The highest BCUT2D eigenvalue weighted by Crippen LogP contribution is 2.19. The maximum atomic E-state index is 12.1. The van der Waals surface area contributed by atoms with E-state index < -0.39 is 18.7 Å². The molecule has 0 fully saturated rings. The van der Waals surface area contributed by atoms with E-state index >= 15 is 0 Å². The molecular weight excluding hydrogens is 282 g/mol. The Hall–Kier alpha value is -1.89. The summed E-state index contributed by atoms with van der Waals surface area (Å²) in [5.41, 5.74) is 0.355. The van der Waals surface area contributed by atoms with Crippen LogP contribution in [0.3, 0.4) is 0 Å². The van der Waals surface area contributed by atoms with Gasteiger partial charge in [-0.25, -0.2) is 4.79 Å². The van der Waals surface area contributed by atoms with Crippen LogP contribution in [0.15, 0.2) is 24.3 Å². The minimum Gasteiger partial charge on any atom is -0.435 e. The van der Waals surface area contributed by atoms with Gasteiger partial charge >= 0.3 is 12.6 Å². The zero-order valence-electron chi connectivity index (χ0n) is 12.0. The summed E-state index contributed by atoms with van der Waals surface area (Å²) >= 11 is 0. The van der Waals surface area contributed by atoms with E-state index in [0.717, 1.165) is 0 Å². The van der Waals surface area contributed by atoms with Gasteiger partial charge in [0, 0.05) is 18.3 Å². The van der Waals surface area contributed by atoms with E-state index in [0.29, 0.717) is 18.7 Å². The molecule has 3 N–H and O–H groups in total. The van der Waals surface area contributed by atoms with E-state index in [9.17, 15) is 18.7 Å². The quantitative estimate of drug-likeness (QED) is 0.725. The molecule has 0 aliphatic heterocycles. The molecule has 0 saturated carbocycles. The lowest BCUT2D eigenvalue weighted by Gasteiger charge is -2.15. The Bertz CT molecular complexity index is 456. The zero-order valence-corrected chi connectivity index (χ0v) is 12.0. The number of halogens is 2. The van der Waals surface area contributed by atoms with Crippen LogP contribution in [0, 0.1) is 5.92 Å². The van der Waals surface area contributed by atoms with Crippen LogP contribution in [0.5, 0.6) is 5.75 Å². The standard InChI is InChI=1S/C14H20F2N2O3/c1-9(6-10(2)19)8-17-14(20)18-11-4-3-5-12(7-11)21-13(15)16/h3-5,7,9-10,13,19H,6,8H2,1-2H3,(H2,17,18,20)/t9-,10+/m1/s1. The molecule has 0 unspecified atom stereocenters. The van der Waals surface area contributed by atoms with Gasteiger partial charge in [-0.2, -0.15) is 8.78 Å². The second-order valence-electron chi connectivity index (χ2n) is 4.93. The molecule has 21 heavy (non-hydrogen) atoms. The van der Waals surface area contributed by atoms with Gasteiger partial charge in [-0.3, -0.25) is 0 Å². The van der Waals surface area contributed by atoms with Crippen molar-refractivity contribution in [1.82, 2.24) is 5.32 Å². The Balaban J connectivity index is 2.44. The maximum Gasteiger partial charge on any atom is 0.387 e. The highest BCUT2D eigenvalue weighted by Gasteiger charge is 2.09. The van der Waals surface area contributed by atoms with Crippen LogP contribution < -0.4 is 15.4 Å². The number of carbonyl (C=O) groups excluding carboxylic acids is 1. The fraction of sp³-hybridized carbons (Fsp3) is 0.500. The summed E-state index contributed by atoms with van der Waals surface area (Å²) in [7, 11) is 0. The third-order valence-corrected chi connectivity index (χ3v) is 2.67. The van der Waals surface area contributed by atoms with E-state index in [2.05, 4.69) is 15.4 Å². The van der Waals surface area contributed by atoms with Crippen molar-refractivity contribution in [2.45, 2.75) is 33.0 Å². The lowest BCUT2D eigenvalue weighted by atomic mass is 10.1. The van der Waals surface area contributed by atoms with E-state index in [-0.39, 0.29) is 11.7 Å². The Morgan fingerprint density at radius 1 is 1.38 bits per heavy atom. The molecule has 0 radical (unpaired) electrons. The molecular formula is C14H20F2N2O3. The van der Waals surface area contributed by atoms with Crippen molar-refractivity contribution >= 4 is 11.7 Å². The van der Waals surface area contributed by atoms with Crippen molar-refractivity contribution in [2.75, 3.05) is 11.9 Å². The average molecular weight is 302 g/mol. The summed E-state index contributed by atoms with van der Waals surface area (Å²) in [5, 5.41) is 14.4. The summed E-state index contributed by atoms with van der Waals surface area (Å²) in [6.07, 6.45) is 0.158. The van der Waals surface area contributed by atoms with Gasteiger partial charge in [-0.1, -0.05) is 13.0 Å². The molecule has 1 rings (SSSR count). The van der Waals surface area contributed by atoms with Gasteiger partial charge < -0.3 is 20.5 Å². The number of rotatable bonds is 7. The molecule has 0 bridgehead atoms. The fourth-order valence-electron chi connectivity index (χ4n) is 1.86. The molecule has 2 atom stereocenters. The van der Waals surface area contributed by atoms with Crippen LogP contribution in [0.4, 0.5) is 19.3 Å². The summed E-state index contributed by atoms with van der Waals surface area (Å²) in [5.74, 6) is 0.106. The molecule has 1 aromatic carbocycles. The second-order valence-corrected chi connectivity index (χ2v) is 4.93. The Morgan fingerprint density at radius 3 is 2.71 bits per heavy atom. The average Bonchev–Trinajstić information content (AvgIpc) is 2.35. The lowest BCUT2D eigenvalue weighted by molar-refractivity contribution is -0.0498. The topological polar surface area (TPSA) is 70.6 Å². The predicted molar refractivity (Wildman–Crippen MR) is 75.6 cm³/mol. The number of aliphatic hydroxyl groups is 1. The summed E-state index contributed by atoms with van der Waals surface area (Å²) < 4.78 is 28.4. The minimum atomic E-state index is -2.91. The third-order valence-electron chi connectivity index (χ3n) is 2.67. The molecule has 0 heterocycles. The van der Waals surface area contributed by atoms with E-state index in [1.165, 1.54) is 18.2 Å². The Labute approximate surface area is 122 Å². The van der Waals surface area contributed by atoms with Gasteiger partial charge in [0.1, 0.15) is 5.75 Å². The smallest absolute Gasteiger partial charge is 0.387 e. The first-order valence-corrected chi connectivity index (χ1v) is 6.64. The summed E-state index contributed by atoms with van der Waals surface area (Å²) in [6, 6.07) is 5.31. The predicted octanol–water partition coefficient (Wildman–Crippen LogP) is 2.82. The fourth-order valence-corrected chi connectivity index (χ4v) is 1.86. The van der Waals surface area contributed by atoms with Crippen LogP contribution in [0.1, 0.15) is 20.3 Å². The van der Waals surface area contributed by atoms with Gasteiger partial charge in [0.25, 0.3) is 0 Å². The van der Waals surface area contributed by atoms with Crippen LogP contribution in [-0.4, -0.2) is 30.4 Å². The number of urea groups is 1. The van der Waals surface area contributed by atoms with E-state index in [1.807, 2.05) is 6.92 Å². The highest BCUT2D eigenvalue weighted by atomic mass is 19.3. The van der Waals surface area contributed by atoms with Crippen molar-refractivity contribution in [2.24, 2.45) is 5.92 Å². The first-order valence-electron chi connectivity index (χ1n) is 6.64. The number of aliphatic hydroxyl groups excluding tert-OH is 1. The second kappa shape index (κ2) is 8.41. The van der Waals surface area contributed by atoms with Gasteiger partial charge in [0.05, 0.1) is 6.10 Å². The van der Waals surface area contributed by atoms with Crippen molar-refractivity contribution in [3.8, 4) is 5.75 Å². The molecule has 118 valence electrons. The van der Waals surface area contributed by atoms with Crippen LogP contribution in [0.2, 0.25) is 0 Å². The van der Waals surface area contributed by atoms with Gasteiger partial charge in [-0.15, -0.1) is 0 Å². The van der Waals surface area contributed by atoms with Gasteiger partial charge in [0.15, 0.2) is 0 Å². The van der Waals surface area contributed by atoms with Crippen molar-refractivity contribution in [3.05, 3.63) is 24.3 Å². The lowest BCUT2D eigenvalue weighted by Crippen LogP contribution is -2.33. The largest absolute Gasteiger partial charge is 0.435 e. The zero-order chi connectivity index (χ0) is 15.8. The summed E-state index contributed by atoms with van der Waals surface area (Å²) in [6.45, 7) is 1.09. The Morgan fingerprint density at radius 2 is 2.10 bits per heavy atom. The van der Waals surface area contributed by atoms with E-state index in [4.69, 9.17) is 0 Å². The highest BCUT2D eigenvalue weighted by molar-refractivity contribution is 5.89. The summed E-state index contributed by atoms with van der Waals surface area (Å²) in [4.78, 5) is 11.7. The minimum absolute atomic E-state index is 0.0229. The molecule has 0 spiro atoms. The number of alkyl halides is 2.